The third-order valence-corrected chi connectivity index (χ3v) is 2.82. The maximum atomic E-state index is 11.1. The molecule has 0 aromatic heterocycles. The number of hydrogen-bond donors (Lipinski definition) is 0. The average molecular weight is 247 g/mol. The fraction of sp³-hybridized carbons (Fsp3) is 0.364. The highest BCUT2D eigenvalue weighted by molar-refractivity contribution is 6.30. The highest BCUT2D eigenvalue weighted by atomic mass is 35.5. The van der Waals surface area contributed by atoms with E-state index in [0.29, 0.717) is 6.42 Å². The minimum atomic E-state index is -0.697. The molecule has 0 spiro atoms. The van der Waals surface area contributed by atoms with Crippen molar-refractivity contribution in [1.29, 1.82) is 0 Å². The standard InChI is InChI=1S/C11H12Cl2O2/c1-15-11(14)10(13)7-9(12)8-5-3-2-4-6-8/h2-6,9-10H,7H2,1H3. The van der Waals surface area contributed by atoms with Crippen molar-refractivity contribution < 1.29 is 9.53 Å². The van der Waals surface area contributed by atoms with Gasteiger partial charge in [-0.2, -0.15) is 0 Å². The second-order valence-corrected chi connectivity index (χ2v) is 4.16. The molecule has 0 saturated heterocycles. The fourth-order valence-corrected chi connectivity index (χ4v) is 1.89. The molecule has 0 fully saturated rings. The van der Waals surface area contributed by atoms with E-state index in [1.807, 2.05) is 30.3 Å². The summed E-state index contributed by atoms with van der Waals surface area (Å²) in [5.74, 6) is -0.446. The lowest BCUT2D eigenvalue weighted by atomic mass is 10.1. The lowest BCUT2D eigenvalue weighted by Gasteiger charge is -2.12. The fourth-order valence-electron chi connectivity index (χ4n) is 1.20. The first-order valence-corrected chi connectivity index (χ1v) is 5.43. The summed E-state index contributed by atoms with van der Waals surface area (Å²) in [6.07, 6.45) is 0.361. The Kier molecular flexibility index (Phi) is 4.92. The molecular weight excluding hydrogens is 235 g/mol. The quantitative estimate of drug-likeness (QED) is 0.603. The Hall–Kier alpha value is -0.730. The van der Waals surface area contributed by atoms with Crippen LogP contribution in [0.1, 0.15) is 17.4 Å². The summed E-state index contributed by atoms with van der Waals surface area (Å²) in [5, 5.41) is -0.967. The minimum absolute atomic E-state index is 0.271. The van der Waals surface area contributed by atoms with Gasteiger partial charge in [-0.25, -0.2) is 0 Å². The molecule has 2 nitrogen and oxygen atoms in total. The lowest BCUT2D eigenvalue weighted by molar-refractivity contribution is -0.140. The van der Waals surface area contributed by atoms with Crippen molar-refractivity contribution in [2.24, 2.45) is 0 Å². The average Bonchev–Trinajstić information content (AvgIpc) is 2.29. The van der Waals surface area contributed by atoms with E-state index < -0.39 is 11.3 Å². The topological polar surface area (TPSA) is 26.3 Å². The van der Waals surface area contributed by atoms with Crippen LogP contribution in [0.25, 0.3) is 0 Å². The molecule has 2 atom stereocenters. The minimum Gasteiger partial charge on any atom is -0.468 e. The van der Waals surface area contributed by atoms with Gasteiger partial charge in [0.15, 0.2) is 0 Å². The molecule has 0 aliphatic heterocycles. The Labute approximate surface area is 99.1 Å². The number of hydrogen-bond acceptors (Lipinski definition) is 2. The normalized spacial score (nSPS) is 14.3. The molecule has 15 heavy (non-hydrogen) atoms. The smallest absolute Gasteiger partial charge is 0.323 e. The Morgan fingerprint density at radius 3 is 2.47 bits per heavy atom. The van der Waals surface area contributed by atoms with Crippen LogP contribution in [0.3, 0.4) is 0 Å². The van der Waals surface area contributed by atoms with Crippen LogP contribution in [0.15, 0.2) is 30.3 Å². The molecule has 0 aliphatic carbocycles. The Morgan fingerprint density at radius 2 is 1.93 bits per heavy atom. The third kappa shape index (κ3) is 3.73. The number of carbonyl (C=O) groups is 1. The molecular formula is C11H12Cl2O2. The first kappa shape index (κ1) is 12.3. The molecule has 0 bridgehead atoms. The maximum absolute atomic E-state index is 11.1. The number of methoxy groups -OCH3 is 1. The van der Waals surface area contributed by atoms with Crippen LogP contribution >= 0.6 is 23.2 Å². The van der Waals surface area contributed by atoms with Gasteiger partial charge in [0, 0.05) is 0 Å². The van der Waals surface area contributed by atoms with Crippen molar-refractivity contribution in [2.45, 2.75) is 17.2 Å². The molecule has 82 valence electrons. The van der Waals surface area contributed by atoms with Crippen molar-refractivity contribution in [3.63, 3.8) is 0 Å². The third-order valence-electron chi connectivity index (χ3n) is 2.03. The van der Waals surface area contributed by atoms with Crippen molar-refractivity contribution in [2.75, 3.05) is 7.11 Å². The predicted octanol–water partition coefficient (Wildman–Crippen LogP) is 3.14. The maximum Gasteiger partial charge on any atom is 0.323 e. The number of esters is 1. The molecule has 0 radical (unpaired) electrons. The number of halogens is 2. The Balaban J connectivity index is 2.56. The number of carbonyl (C=O) groups excluding carboxylic acids is 1. The van der Waals surface area contributed by atoms with Gasteiger partial charge in [0.2, 0.25) is 0 Å². The van der Waals surface area contributed by atoms with E-state index in [1.54, 1.807) is 0 Å². The zero-order valence-electron chi connectivity index (χ0n) is 8.32. The molecule has 0 N–H and O–H groups in total. The van der Waals surface area contributed by atoms with Crippen LogP contribution in [-0.2, 0) is 9.53 Å². The first-order chi connectivity index (χ1) is 7.15. The van der Waals surface area contributed by atoms with Gasteiger partial charge in [0.25, 0.3) is 0 Å². The summed E-state index contributed by atoms with van der Waals surface area (Å²) >= 11 is 11.9. The Morgan fingerprint density at radius 1 is 1.33 bits per heavy atom. The molecule has 1 rings (SSSR count). The summed E-state index contributed by atoms with van der Waals surface area (Å²) in [7, 11) is 1.31. The van der Waals surface area contributed by atoms with E-state index in [1.165, 1.54) is 7.11 Å². The van der Waals surface area contributed by atoms with Crippen molar-refractivity contribution in [3.05, 3.63) is 35.9 Å². The van der Waals surface area contributed by atoms with Gasteiger partial charge >= 0.3 is 5.97 Å². The van der Waals surface area contributed by atoms with E-state index in [2.05, 4.69) is 4.74 Å². The molecule has 1 aromatic carbocycles. The van der Waals surface area contributed by atoms with Crippen LogP contribution in [0.5, 0.6) is 0 Å². The van der Waals surface area contributed by atoms with Crippen LogP contribution in [0.2, 0.25) is 0 Å². The van der Waals surface area contributed by atoms with Crippen molar-refractivity contribution in [3.8, 4) is 0 Å². The van der Waals surface area contributed by atoms with Crippen molar-refractivity contribution >= 4 is 29.2 Å². The Bertz CT molecular complexity index is 314. The zero-order valence-corrected chi connectivity index (χ0v) is 9.83. The van der Waals surface area contributed by atoms with Gasteiger partial charge in [0.05, 0.1) is 12.5 Å². The van der Waals surface area contributed by atoms with Gasteiger partial charge in [-0.05, 0) is 12.0 Å². The van der Waals surface area contributed by atoms with Gasteiger partial charge in [-0.15, -0.1) is 23.2 Å². The summed E-state index contributed by atoms with van der Waals surface area (Å²) < 4.78 is 4.52. The summed E-state index contributed by atoms with van der Waals surface area (Å²) in [5.41, 5.74) is 0.953. The van der Waals surface area contributed by atoms with E-state index in [9.17, 15) is 4.79 Å². The number of benzene rings is 1. The first-order valence-electron chi connectivity index (χ1n) is 4.56. The van der Waals surface area contributed by atoms with E-state index in [4.69, 9.17) is 23.2 Å². The second kappa shape index (κ2) is 5.99. The SMILES string of the molecule is COC(=O)C(Cl)CC(Cl)c1ccccc1. The summed E-state index contributed by atoms with van der Waals surface area (Å²) in [6.45, 7) is 0. The van der Waals surface area contributed by atoms with Gasteiger partial charge in [-0.3, -0.25) is 4.79 Å². The molecule has 0 heterocycles. The molecule has 0 aliphatic rings. The largest absolute Gasteiger partial charge is 0.468 e. The summed E-state index contributed by atoms with van der Waals surface area (Å²) in [6, 6.07) is 9.50. The molecule has 0 amide bonds. The highest BCUT2D eigenvalue weighted by Gasteiger charge is 2.20. The molecule has 2 unspecified atom stereocenters. The van der Waals surface area contributed by atoms with Crippen LogP contribution in [-0.4, -0.2) is 18.5 Å². The zero-order chi connectivity index (χ0) is 11.3. The highest BCUT2D eigenvalue weighted by Crippen LogP contribution is 2.27. The van der Waals surface area contributed by atoms with E-state index in [0.717, 1.165) is 5.56 Å². The van der Waals surface area contributed by atoms with Gasteiger partial charge < -0.3 is 4.74 Å². The van der Waals surface area contributed by atoms with E-state index >= 15 is 0 Å². The van der Waals surface area contributed by atoms with Crippen LogP contribution < -0.4 is 0 Å². The second-order valence-electron chi connectivity index (χ2n) is 3.10. The van der Waals surface area contributed by atoms with Crippen LogP contribution in [0, 0.1) is 0 Å². The van der Waals surface area contributed by atoms with E-state index in [-0.39, 0.29) is 5.38 Å². The number of ether oxygens (including phenoxy) is 1. The summed E-state index contributed by atoms with van der Waals surface area (Å²) in [4.78, 5) is 11.1. The van der Waals surface area contributed by atoms with Crippen molar-refractivity contribution in [1.82, 2.24) is 0 Å². The molecule has 4 heteroatoms. The number of alkyl halides is 2. The monoisotopic (exact) mass is 246 g/mol. The van der Waals surface area contributed by atoms with Crippen LogP contribution in [0.4, 0.5) is 0 Å². The lowest BCUT2D eigenvalue weighted by Crippen LogP contribution is -2.17. The molecule has 1 aromatic rings. The molecule has 0 saturated carbocycles. The number of rotatable bonds is 4. The predicted molar refractivity (Wildman–Crippen MR) is 61.3 cm³/mol. The van der Waals surface area contributed by atoms with Gasteiger partial charge in [0.1, 0.15) is 5.38 Å². The van der Waals surface area contributed by atoms with Gasteiger partial charge in [-0.1, -0.05) is 30.3 Å².